The molecule has 0 bridgehead atoms. The van der Waals surface area contributed by atoms with Crippen molar-refractivity contribution in [2.24, 2.45) is 0 Å². The second-order valence-electron chi connectivity index (χ2n) is 8.90. The molecule has 0 fully saturated rings. The van der Waals surface area contributed by atoms with Crippen molar-refractivity contribution in [3.63, 3.8) is 0 Å². The number of hydrogen-bond donors (Lipinski definition) is 3. The molecule has 2 heterocycles. The Morgan fingerprint density at radius 1 is 1.24 bits per heavy atom. The van der Waals surface area contributed by atoms with Gasteiger partial charge in [0, 0.05) is 11.5 Å². The summed E-state index contributed by atoms with van der Waals surface area (Å²) in [7, 11) is 1.56. The number of nitrogens with zero attached hydrogens (tertiary/aromatic N) is 3. The number of esters is 1. The maximum atomic E-state index is 12.5. The van der Waals surface area contributed by atoms with Crippen LogP contribution < -0.4 is 15.8 Å². The molecule has 3 aromatic rings. The number of ether oxygens (including phenoxy) is 3. The van der Waals surface area contributed by atoms with Crippen molar-refractivity contribution in [2.45, 2.75) is 65.6 Å². The highest BCUT2D eigenvalue weighted by Crippen LogP contribution is 2.38. The largest absolute Gasteiger partial charge is 0.494 e. The highest BCUT2D eigenvalue weighted by atomic mass is 16.5. The number of methoxy groups -OCH3 is 1. The van der Waals surface area contributed by atoms with Gasteiger partial charge < -0.3 is 25.3 Å². The lowest BCUT2D eigenvalue weighted by molar-refractivity contribution is -0.0670. The van der Waals surface area contributed by atoms with Gasteiger partial charge in [-0.1, -0.05) is 19.8 Å². The summed E-state index contributed by atoms with van der Waals surface area (Å²) in [5, 5.41) is 11.7. The molecule has 184 valence electrons. The molecule has 10 nitrogen and oxygen atoms in total. The number of H-pyrrole nitrogens is 1. The number of nitrogen functional groups attached to an aromatic ring is 1. The van der Waals surface area contributed by atoms with Crippen LogP contribution in [0, 0.1) is 0 Å². The molecule has 0 saturated heterocycles. The Balaban J connectivity index is 2.08. The van der Waals surface area contributed by atoms with Crippen LogP contribution in [0.5, 0.6) is 5.75 Å². The predicted molar refractivity (Wildman–Crippen MR) is 131 cm³/mol. The Morgan fingerprint density at radius 2 is 2.00 bits per heavy atom. The van der Waals surface area contributed by atoms with Crippen molar-refractivity contribution in [1.82, 2.24) is 20.2 Å². The third-order valence-electron chi connectivity index (χ3n) is 5.15. The average molecular weight is 471 g/mol. The molecule has 0 aliphatic rings. The number of anilines is 3. The van der Waals surface area contributed by atoms with E-state index < -0.39 is 5.97 Å². The summed E-state index contributed by atoms with van der Waals surface area (Å²) in [6.07, 6.45) is 4.06. The summed E-state index contributed by atoms with van der Waals surface area (Å²) < 4.78 is 17.1. The fraction of sp³-hybridized carbons (Fsp3) is 0.500. The molecule has 0 spiro atoms. The molecular formula is C24H34N6O4. The van der Waals surface area contributed by atoms with Crippen LogP contribution in [0.1, 0.15) is 76.0 Å². The molecular weight excluding hydrogens is 436 g/mol. The highest BCUT2D eigenvalue weighted by molar-refractivity contribution is 6.00. The molecule has 0 aliphatic heterocycles. The number of nitrogens with one attached hydrogen (secondary N) is 2. The third-order valence-corrected chi connectivity index (χ3v) is 5.15. The number of hydrogen-bond acceptors (Lipinski definition) is 9. The van der Waals surface area contributed by atoms with Gasteiger partial charge in [0.2, 0.25) is 0 Å². The van der Waals surface area contributed by atoms with E-state index in [4.69, 9.17) is 19.9 Å². The van der Waals surface area contributed by atoms with Crippen molar-refractivity contribution < 1.29 is 19.0 Å². The summed E-state index contributed by atoms with van der Waals surface area (Å²) in [4.78, 5) is 20.6. The lowest BCUT2D eigenvalue weighted by Gasteiger charge is -2.27. The SMILES string of the molecule is CCCCC(OC(C)(C)C)c1[nH]nc2cc(OC)c(Nc3ncnc(N)c3C(=O)OCC)cc12. The van der Waals surface area contributed by atoms with Crippen molar-refractivity contribution >= 4 is 34.2 Å². The zero-order valence-corrected chi connectivity index (χ0v) is 20.7. The van der Waals surface area contributed by atoms with E-state index >= 15 is 0 Å². The number of nitrogens with two attached hydrogens (primary N) is 1. The normalized spacial score (nSPS) is 12.5. The van der Waals surface area contributed by atoms with E-state index in [0.717, 1.165) is 35.9 Å². The van der Waals surface area contributed by atoms with Gasteiger partial charge in [0.25, 0.3) is 0 Å². The average Bonchev–Trinajstić information content (AvgIpc) is 3.18. The van der Waals surface area contributed by atoms with Crippen LogP contribution in [-0.2, 0) is 9.47 Å². The standard InChI is InChI=1S/C24H34N6O4/c1-7-9-10-17(34-24(3,4)5)20-14-11-16(18(32-6)12-15(14)29-30-20)28-22-19(23(31)33-8-2)21(25)26-13-27-22/h11-13,17H,7-10H2,1-6H3,(H,29,30)(H3,25,26,27,28). The van der Waals surface area contributed by atoms with Crippen LogP contribution in [0.3, 0.4) is 0 Å². The van der Waals surface area contributed by atoms with Gasteiger partial charge in [-0.05, 0) is 40.2 Å². The Kier molecular flexibility index (Phi) is 7.93. The van der Waals surface area contributed by atoms with E-state index in [1.54, 1.807) is 14.0 Å². The van der Waals surface area contributed by atoms with Crippen molar-refractivity contribution in [3.8, 4) is 5.75 Å². The summed E-state index contributed by atoms with van der Waals surface area (Å²) in [6, 6.07) is 3.73. The van der Waals surface area contributed by atoms with Crippen LogP contribution in [0.2, 0.25) is 0 Å². The number of aromatic amines is 1. The molecule has 10 heteroatoms. The number of carbonyl (C=O) groups excluding carboxylic acids is 1. The van der Waals surface area contributed by atoms with E-state index in [1.165, 1.54) is 6.33 Å². The molecule has 2 aromatic heterocycles. The van der Waals surface area contributed by atoms with Gasteiger partial charge in [0.15, 0.2) is 5.82 Å². The quantitative estimate of drug-likeness (QED) is 0.353. The Morgan fingerprint density at radius 3 is 2.65 bits per heavy atom. The van der Waals surface area contributed by atoms with Gasteiger partial charge in [-0.2, -0.15) is 5.10 Å². The zero-order chi connectivity index (χ0) is 24.9. The lowest BCUT2D eigenvalue weighted by atomic mass is 10.0. The third kappa shape index (κ3) is 5.74. The number of fused-ring (bicyclic) bond motifs is 1. The minimum Gasteiger partial charge on any atom is -0.494 e. The number of rotatable bonds is 10. The summed E-state index contributed by atoms with van der Waals surface area (Å²) in [5.41, 5.74) is 7.92. The van der Waals surface area contributed by atoms with Gasteiger partial charge in [-0.15, -0.1) is 0 Å². The number of benzene rings is 1. The van der Waals surface area contributed by atoms with E-state index in [-0.39, 0.29) is 35.5 Å². The van der Waals surface area contributed by atoms with Gasteiger partial charge >= 0.3 is 5.97 Å². The van der Waals surface area contributed by atoms with Gasteiger partial charge in [-0.3, -0.25) is 5.10 Å². The Labute approximate surface area is 199 Å². The molecule has 1 aromatic carbocycles. The fourth-order valence-corrected chi connectivity index (χ4v) is 3.67. The molecule has 0 aliphatic carbocycles. The Bertz CT molecular complexity index is 1140. The summed E-state index contributed by atoms with van der Waals surface area (Å²) >= 11 is 0. The highest BCUT2D eigenvalue weighted by Gasteiger charge is 2.25. The minimum absolute atomic E-state index is 0.0261. The van der Waals surface area contributed by atoms with Gasteiger partial charge in [0.05, 0.1) is 36.2 Å². The second kappa shape index (κ2) is 10.7. The lowest BCUT2D eigenvalue weighted by Crippen LogP contribution is -2.23. The van der Waals surface area contributed by atoms with E-state index in [1.807, 2.05) is 32.9 Å². The van der Waals surface area contributed by atoms with E-state index in [2.05, 4.69) is 32.4 Å². The Hall–Kier alpha value is -3.40. The van der Waals surface area contributed by atoms with Crippen molar-refractivity contribution in [2.75, 3.05) is 24.8 Å². The molecule has 34 heavy (non-hydrogen) atoms. The topological polar surface area (TPSA) is 137 Å². The zero-order valence-electron chi connectivity index (χ0n) is 20.7. The molecule has 0 saturated carbocycles. The first-order valence-electron chi connectivity index (χ1n) is 11.5. The first-order chi connectivity index (χ1) is 16.2. The van der Waals surface area contributed by atoms with Gasteiger partial charge in [-0.25, -0.2) is 14.8 Å². The molecule has 1 atom stereocenters. The molecule has 4 N–H and O–H groups in total. The second-order valence-corrected chi connectivity index (χ2v) is 8.90. The maximum Gasteiger partial charge on any atom is 0.345 e. The monoisotopic (exact) mass is 470 g/mol. The summed E-state index contributed by atoms with van der Waals surface area (Å²) in [6.45, 7) is 10.2. The van der Waals surface area contributed by atoms with Gasteiger partial charge in [0.1, 0.15) is 29.6 Å². The molecule has 0 radical (unpaired) electrons. The van der Waals surface area contributed by atoms with Crippen LogP contribution >= 0.6 is 0 Å². The summed E-state index contributed by atoms with van der Waals surface area (Å²) in [5.74, 6) is 0.171. The van der Waals surface area contributed by atoms with Crippen molar-refractivity contribution in [1.29, 1.82) is 0 Å². The number of aromatic nitrogens is 4. The molecule has 3 rings (SSSR count). The maximum absolute atomic E-state index is 12.5. The number of carbonyl (C=O) groups is 1. The van der Waals surface area contributed by atoms with Crippen LogP contribution in [0.4, 0.5) is 17.3 Å². The van der Waals surface area contributed by atoms with Crippen molar-refractivity contribution in [3.05, 3.63) is 29.7 Å². The van der Waals surface area contributed by atoms with Crippen LogP contribution in [0.25, 0.3) is 10.9 Å². The first-order valence-corrected chi connectivity index (χ1v) is 11.5. The molecule has 0 amide bonds. The smallest absolute Gasteiger partial charge is 0.345 e. The van der Waals surface area contributed by atoms with Crippen LogP contribution in [-0.4, -0.2) is 45.5 Å². The predicted octanol–water partition coefficient (Wildman–Crippen LogP) is 4.91. The first kappa shape index (κ1) is 25.2. The van der Waals surface area contributed by atoms with E-state index in [9.17, 15) is 4.79 Å². The fourth-order valence-electron chi connectivity index (χ4n) is 3.67. The van der Waals surface area contributed by atoms with E-state index in [0.29, 0.717) is 11.4 Å². The van der Waals surface area contributed by atoms with Crippen LogP contribution in [0.15, 0.2) is 18.5 Å². The molecule has 1 unspecified atom stereocenters. The number of unbranched alkanes of at least 4 members (excludes halogenated alkanes) is 1. The minimum atomic E-state index is -0.606.